The first-order valence-electron chi connectivity index (χ1n) is 8.19. The third-order valence-electron chi connectivity index (χ3n) is 4.26. The predicted molar refractivity (Wildman–Crippen MR) is 91.7 cm³/mol. The number of aryl methyl sites for hydroxylation is 1. The van der Waals surface area contributed by atoms with Crippen LogP contribution in [0.2, 0.25) is 0 Å². The summed E-state index contributed by atoms with van der Waals surface area (Å²) in [6.45, 7) is 0. The van der Waals surface area contributed by atoms with Crippen LogP contribution in [0.1, 0.15) is 44.1 Å². The number of hydrogen-bond donors (Lipinski definition) is 2. The van der Waals surface area contributed by atoms with E-state index in [-0.39, 0.29) is 29.8 Å². The maximum Gasteiger partial charge on any atom is 0.303 e. The van der Waals surface area contributed by atoms with Gasteiger partial charge in [0.15, 0.2) is 9.84 Å². The van der Waals surface area contributed by atoms with Crippen LogP contribution in [0.5, 0.6) is 0 Å². The Morgan fingerprint density at radius 2 is 1.88 bits per heavy atom. The number of sulfone groups is 1. The predicted octanol–water partition coefficient (Wildman–Crippen LogP) is 2.39. The molecule has 0 radical (unpaired) electrons. The first kappa shape index (κ1) is 18.4. The van der Waals surface area contributed by atoms with Gasteiger partial charge in [0.05, 0.1) is 11.0 Å². The Kier molecular flexibility index (Phi) is 6.36. The Balaban J connectivity index is 1.85. The van der Waals surface area contributed by atoms with Gasteiger partial charge in [0.25, 0.3) is 0 Å². The molecule has 1 aliphatic rings. The van der Waals surface area contributed by atoms with Gasteiger partial charge in [-0.15, -0.1) is 0 Å². The summed E-state index contributed by atoms with van der Waals surface area (Å²) in [6, 6.07) is 6.95. The molecule has 6 nitrogen and oxygen atoms in total. The van der Waals surface area contributed by atoms with Gasteiger partial charge in [-0.05, 0) is 37.0 Å². The van der Waals surface area contributed by atoms with Crippen molar-refractivity contribution in [2.24, 2.45) is 0 Å². The van der Waals surface area contributed by atoms with Crippen LogP contribution in [-0.4, -0.2) is 36.4 Å². The number of aliphatic carboxylic acids is 1. The summed E-state index contributed by atoms with van der Waals surface area (Å²) in [4.78, 5) is 22.6. The van der Waals surface area contributed by atoms with E-state index >= 15 is 0 Å². The Labute approximate surface area is 142 Å². The van der Waals surface area contributed by atoms with Gasteiger partial charge < -0.3 is 10.4 Å². The summed E-state index contributed by atoms with van der Waals surface area (Å²) < 4.78 is 24.3. The second kappa shape index (κ2) is 8.28. The van der Waals surface area contributed by atoms with Crippen molar-refractivity contribution in [3.8, 4) is 0 Å². The number of benzene rings is 1. The molecule has 0 spiro atoms. The highest BCUT2D eigenvalue weighted by molar-refractivity contribution is 7.92. The molecule has 0 atom stereocenters. The molecule has 2 rings (SSSR count). The fourth-order valence-corrected chi connectivity index (χ4v) is 4.78. The molecular formula is C17H23NO5S. The number of carboxylic acid groups (broad SMARTS) is 1. The Hall–Kier alpha value is -1.89. The van der Waals surface area contributed by atoms with E-state index in [1.807, 2.05) is 0 Å². The lowest BCUT2D eigenvalue weighted by atomic mass is 10.1. The molecular weight excluding hydrogens is 330 g/mol. The van der Waals surface area contributed by atoms with E-state index in [9.17, 15) is 18.0 Å². The fourth-order valence-electron chi connectivity index (χ4n) is 2.93. The van der Waals surface area contributed by atoms with E-state index in [1.54, 1.807) is 24.3 Å². The van der Waals surface area contributed by atoms with Gasteiger partial charge in [-0.3, -0.25) is 9.59 Å². The van der Waals surface area contributed by atoms with Crippen LogP contribution in [0.3, 0.4) is 0 Å². The molecule has 0 heterocycles. The Bertz CT molecular complexity index is 693. The quantitative estimate of drug-likeness (QED) is 0.747. The molecule has 7 heteroatoms. The van der Waals surface area contributed by atoms with Crippen LogP contribution in [0.4, 0.5) is 5.69 Å². The molecule has 0 aromatic heterocycles. The highest BCUT2D eigenvalue weighted by Crippen LogP contribution is 2.25. The van der Waals surface area contributed by atoms with Crippen molar-refractivity contribution in [1.82, 2.24) is 0 Å². The van der Waals surface area contributed by atoms with Crippen molar-refractivity contribution in [2.75, 3.05) is 11.1 Å². The molecule has 24 heavy (non-hydrogen) atoms. The molecule has 1 aliphatic carbocycles. The maximum atomic E-state index is 12.2. The van der Waals surface area contributed by atoms with Gasteiger partial charge in [-0.1, -0.05) is 25.0 Å². The standard InChI is InChI=1S/C17H23NO5S/c19-16(10-11-24(22,23)15-6-1-2-7-15)18-14-5-3-4-13(12-14)8-9-17(20)21/h3-5,12,15H,1-2,6-11H2,(H,18,19)(H,20,21). The summed E-state index contributed by atoms with van der Waals surface area (Å²) >= 11 is 0. The van der Waals surface area contributed by atoms with Crippen molar-refractivity contribution in [2.45, 2.75) is 50.2 Å². The minimum atomic E-state index is -3.20. The van der Waals surface area contributed by atoms with E-state index in [0.717, 1.165) is 18.4 Å². The second-order valence-electron chi connectivity index (χ2n) is 6.17. The highest BCUT2D eigenvalue weighted by atomic mass is 32.2. The van der Waals surface area contributed by atoms with Gasteiger partial charge in [-0.25, -0.2) is 8.42 Å². The third kappa shape index (κ3) is 5.63. The first-order chi connectivity index (χ1) is 11.4. The normalized spacial score (nSPS) is 15.3. The largest absolute Gasteiger partial charge is 0.481 e. The zero-order valence-electron chi connectivity index (χ0n) is 13.5. The number of nitrogens with one attached hydrogen (secondary N) is 1. The average Bonchev–Trinajstić information content (AvgIpc) is 3.07. The number of carbonyl (C=O) groups is 2. The molecule has 1 saturated carbocycles. The van der Waals surface area contributed by atoms with Crippen LogP contribution in [0, 0.1) is 0 Å². The first-order valence-corrected chi connectivity index (χ1v) is 9.90. The smallest absolute Gasteiger partial charge is 0.303 e. The van der Waals surface area contributed by atoms with Gasteiger partial charge >= 0.3 is 5.97 Å². The van der Waals surface area contributed by atoms with E-state index < -0.39 is 15.8 Å². The molecule has 132 valence electrons. The lowest BCUT2D eigenvalue weighted by Crippen LogP contribution is -2.24. The summed E-state index contributed by atoms with van der Waals surface area (Å²) in [6.07, 6.45) is 3.65. The molecule has 0 unspecified atom stereocenters. The van der Waals surface area contributed by atoms with Crippen LogP contribution < -0.4 is 5.32 Å². The lowest BCUT2D eigenvalue weighted by Gasteiger charge is -2.11. The zero-order valence-corrected chi connectivity index (χ0v) is 14.3. The Morgan fingerprint density at radius 3 is 2.54 bits per heavy atom. The number of carbonyl (C=O) groups excluding carboxylic acids is 1. The summed E-state index contributed by atoms with van der Waals surface area (Å²) in [7, 11) is -3.20. The molecule has 0 saturated heterocycles. The van der Waals surface area contributed by atoms with Crippen molar-refractivity contribution in [3.05, 3.63) is 29.8 Å². The number of amides is 1. The third-order valence-corrected chi connectivity index (χ3v) is 6.52. The molecule has 0 aliphatic heterocycles. The summed E-state index contributed by atoms with van der Waals surface area (Å²) in [5.74, 6) is -1.34. The van der Waals surface area contributed by atoms with Crippen LogP contribution in [-0.2, 0) is 25.8 Å². The van der Waals surface area contributed by atoms with E-state index in [2.05, 4.69) is 5.32 Å². The molecule has 1 aromatic carbocycles. The number of hydrogen-bond acceptors (Lipinski definition) is 4. The Morgan fingerprint density at radius 1 is 1.17 bits per heavy atom. The molecule has 1 aromatic rings. The minimum absolute atomic E-state index is 0.0248. The molecule has 0 bridgehead atoms. The van der Waals surface area contributed by atoms with E-state index in [1.165, 1.54) is 0 Å². The second-order valence-corrected chi connectivity index (χ2v) is 8.57. The molecule has 2 N–H and O–H groups in total. The molecule has 1 fully saturated rings. The van der Waals surface area contributed by atoms with Gasteiger partial charge in [0.1, 0.15) is 0 Å². The van der Waals surface area contributed by atoms with E-state index in [0.29, 0.717) is 24.9 Å². The highest BCUT2D eigenvalue weighted by Gasteiger charge is 2.28. The van der Waals surface area contributed by atoms with Crippen molar-refractivity contribution in [1.29, 1.82) is 0 Å². The van der Waals surface area contributed by atoms with Gasteiger partial charge in [0.2, 0.25) is 5.91 Å². The van der Waals surface area contributed by atoms with Crippen LogP contribution in [0.25, 0.3) is 0 Å². The fraction of sp³-hybridized carbons (Fsp3) is 0.529. The zero-order chi connectivity index (χ0) is 17.6. The van der Waals surface area contributed by atoms with Gasteiger partial charge in [0, 0.05) is 18.5 Å². The van der Waals surface area contributed by atoms with Gasteiger partial charge in [-0.2, -0.15) is 0 Å². The van der Waals surface area contributed by atoms with Crippen molar-refractivity contribution < 1.29 is 23.1 Å². The van der Waals surface area contributed by atoms with Crippen molar-refractivity contribution in [3.63, 3.8) is 0 Å². The SMILES string of the molecule is O=C(O)CCc1cccc(NC(=O)CCS(=O)(=O)C2CCCC2)c1. The summed E-state index contributed by atoms with van der Waals surface area (Å²) in [5, 5.41) is 11.1. The topological polar surface area (TPSA) is 101 Å². The van der Waals surface area contributed by atoms with Crippen LogP contribution in [0.15, 0.2) is 24.3 Å². The summed E-state index contributed by atoms with van der Waals surface area (Å²) in [5.41, 5.74) is 1.37. The van der Waals surface area contributed by atoms with E-state index in [4.69, 9.17) is 5.11 Å². The monoisotopic (exact) mass is 353 g/mol. The average molecular weight is 353 g/mol. The minimum Gasteiger partial charge on any atom is -0.481 e. The number of carboxylic acids is 1. The number of anilines is 1. The maximum absolute atomic E-state index is 12.2. The molecule has 1 amide bonds. The lowest BCUT2D eigenvalue weighted by molar-refractivity contribution is -0.137. The van der Waals surface area contributed by atoms with Crippen LogP contribution >= 0.6 is 0 Å². The van der Waals surface area contributed by atoms with Crippen molar-refractivity contribution >= 4 is 27.4 Å². The number of rotatable bonds is 8.